The van der Waals surface area contributed by atoms with E-state index in [4.69, 9.17) is 24.7 Å². The lowest BCUT2D eigenvalue weighted by molar-refractivity contribution is -0.667. The molecule has 0 saturated heterocycles. The number of hydrogen-bond donors (Lipinski definition) is 0. The number of benzene rings is 4. The summed E-state index contributed by atoms with van der Waals surface area (Å²) >= 11 is 0. The molecule has 0 aliphatic heterocycles. The molecular formula is C64H80N4+4. The Labute approximate surface area is 436 Å². The molecule has 352 valence electrons. The molecule has 0 N–H and O–H groups in total. The fourth-order valence-electron chi connectivity index (χ4n) is 8.15. The molecule has 8 rings (SSSR count). The topological polar surface area (TPSA) is 15.5 Å². The monoisotopic (exact) mass is 923 g/mol. The van der Waals surface area contributed by atoms with Crippen molar-refractivity contribution in [2.45, 2.75) is 110 Å². The van der Waals surface area contributed by atoms with Gasteiger partial charge in [-0.1, -0.05) is 59.7 Å². The molecule has 4 heterocycles. The van der Waals surface area contributed by atoms with Crippen LogP contribution < -0.4 is 18.3 Å². The van der Waals surface area contributed by atoms with E-state index >= 15 is 0 Å². The van der Waals surface area contributed by atoms with E-state index in [1.165, 1.54) is 127 Å². The zero-order valence-electron chi connectivity index (χ0n) is 60.3. The van der Waals surface area contributed by atoms with Crippen molar-refractivity contribution in [3.8, 4) is 45.0 Å². The standard InChI is InChI=1S/4C16H20N/c2*1-11-6-8-15(13(3)10-11)16-9-7-12(2)14(4)17(16)5;2*1-11-7-6-8-15(13(11)3)16-10-9-12(2)14(4)17(16)5/h4*6-10H,1-5H3/q4*+1/i1D3,2D3,4D3;;1D3,2D3,4D3;. The first-order valence-corrected chi connectivity index (χ1v) is 22.7. The Morgan fingerprint density at radius 1 is 0.279 bits per heavy atom. The third-order valence-electron chi connectivity index (χ3n) is 13.2. The first-order chi connectivity index (χ1) is 39.3. The summed E-state index contributed by atoms with van der Waals surface area (Å²) in [5.74, 6) is 0. The lowest BCUT2D eigenvalue weighted by Crippen LogP contribution is -2.35. The van der Waals surface area contributed by atoms with Crippen LogP contribution in [0.4, 0.5) is 0 Å². The largest absolute Gasteiger partial charge is 0.212 e. The molecule has 0 fully saturated rings. The Kier molecular flexibility index (Phi) is 10.7. The summed E-state index contributed by atoms with van der Waals surface area (Å²) in [5, 5.41) is 0. The van der Waals surface area contributed by atoms with Crippen molar-refractivity contribution in [3.05, 3.63) is 211 Å². The van der Waals surface area contributed by atoms with Crippen molar-refractivity contribution in [2.24, 2.45) is 28.2 Å². The van der Waals surface area contributed by atoms with Gasteiger partial charge in [0.25, 0.3) is 0 Å². The maximum Gasteiger partial charge on any atom is 0.212 e. The first kappa shape index (κ1) is 32.3. The number of pyridine rings is 4. The summed E-state index contributed by atoms with van der Waals surface area (Å²) in [6, 6.07) is 37.0. The van der Waals surface area contributed by atoms with E-state index in [-0.39, 0.29) is 33.6 Å². The molecule has 0 aliphatic carbocycles. The molecule has 68 heavy (non-hydrogen) atoms. The van der Waals surface area contributed by atoms with Gasteiger partial charge in [0.2, 0.25) is 22.8 Å². The van der Waals surface area contributed by atoms with Crippen molar-refractivity contribution < 1.29 is 42.9 Å². The van der Waals surface area contributed by atoms with Gasteiger partial charge < -0.3 is 0 Å². The van der Waals surface area contributed by atoms with Crippen molar-refractivity contribution in [1.29, 1.82) is 0 Å². The Bertz CT molecular complexity index is 3790. The van der Waals surface area contributed by atoms with Crippen LogP contribution in [-0.4, -0.2) is 0 Å². The maximum absolute atomic E-state index is 7.76. The van der Waals surface area contributed by atoms with E-state index in [2.05, 4.69) is 139 Å². The molecule has 0 radical (unpaired) electrons. The minimum absolute atomic E-state index is 0.172. The predicted octanol–water partition coefficient (Wildman–Crippen LogP) is 13.6. The van der Waals surface area contributed by atoms with Gasteiger partial charge in [-0.25, -0.2) is 0 Å². The zero-order valence-corrected chi connectivity index (χ0v) is 42.3. The van der Waals surface area contributed by atoms with E-state index in [0.29, 0.717) is 33.6 Å². The average molecular weight is 923 g/mol. The second-order valence-corrected chi connectivity index (χ2v) is 17.7. The van der Waals surface area contributed by atoms with E-state index in [1.807, 2.05) is 0 Å². The molecule has 0 amide bonds. The summed E-state index contributed by atoms with van der Waals surface area (Å²) < 4.78 is 145. The van der Waals surface area contributed by atoms with Crippen LogP contribution in [0.2, 0.25) is 0 Å². The molecule has 8 aromatic rings. The number of aromatic nitrogens is 4. The first-order valence-electron chi connectivity index (χ1n) is 31.7. The van der Waals surface area contributed by atoms with Gasteiger partial charge in [-0.3, -0.25) is 0 Å². The second-order valence-electron chi connectivity index (χ2n) is 17.7. The third-order valence-corrected chi connectivity index (χ3v) is 13.2. The van der Waals surface area contributed by atoms with Crippen LogP contribution in [-0.2, 0) is 28.2 Å². The molecule has 0 atom stereocenters. The Morgan fingerprint density at radius 3 is 1.06 bits per heavy atom. The van der Waals surface area contributed by atoms with Crippen molar-refractivity contribution >= 4 is 0 Å². The highest BCUT2D eigenvalue weighted by atomic mass is 15.0. The van der Waals surface area contributed by atoms with E-state index in [9.17, 15) is 0 Å². The third kappa shape index (κ3) is 11.8. The van der Waals surface area contributed by atoms with Gasteiger partial charge in [-0.2, -0.15) is 18.3 Å². The summed E-state index contributed by atoms with van der Waals surface area (Å²) in [4.78, 5) is 0. The van der Waals surface area contributed by atoms with Gasteiger partial charge >= 0.3 is 0 Å². The van der Waals surface area contributed by atoms with Crippen LogP contribution in [0.5, 0.6) is 0 Å². The fraction of sp³-hybridized carbons (Fsp3) is 0.312. The van der Waals surface area contributed by atoms with Crippen LogP contribution in [0.3, 0.4) is 0 Å². The summed E-state index contributed by atoms with van der Waals surface area (Å²) in [6.45, 7) is 5.80. The van der Waals surface area contributed by atoms with Gasteiger partial charge in [0.05, 0.1) is 0 Å². The molecule has 4 aromatic heterocycles. The highest BCUT2D eigenvalue weighted by molar-refractivity contribution is 5.65. The quantitative estimate of drug-likeness (QED) is 0.156. The van der Waals surface area contributed by atoms with E-state index < -0.39 is 41.1 Å². The molecular weight excluding hydrogens is 825 g/mol. The van der Waals surface area contributed by atoms with Crippen molar-refractivity contribution in [1.82, 2.24) is 0 Å². The molecule has 0 aliphatic rings. The van der Waals surface area contributed by atoms with Gasteiger partial charge in [-0.05, 0) is 165 Å². The lowest BCUT2D eigenvalue weighted by Gasteiger charge is -2.09. The molecule has 0 saturated carbocycles. The van der Waals surface area contributed by atoms with Gasteiger partial charge in [0.15, 0.2) is 22.8 Å². The number of rotatable bonds is 4. The Hall–Kier alpha value is -6.52. The van der Waals surface area contributed by atoms with E-state index in [0.717, 1.165) is 0 Å². The van der Waals surface area contributed by atoms with E-state index in [1.54, 1.807) is 38.1 Å². The SMILES string of the molecule is Cc1ccc(-c2ccc(C)c(C)[n+]2C)c(C)c1.Cc1cccc(-c2ccc(C)c(C)[n+]2C)c1C.[2H]C([2H])([2H])c1ccc(-c2ccc(C([2H])([2H])[2H])c(C([2H])([2H])[2H])[n+]2C)c(C)c1.[2H]C([2H])([2H])c1cccc(-c2ccc(C([2H])([2H])[2H])c(C([2H])([2H])[2H])[n+]2C)c1C. The number of hydrogen-bond acceptors (Lipinski definition) is 0. The second kappa shape index (κ2) is 22.5. The summed E-state index contributed by atoms with van der Waals surface area (Å²) in [7, 11) is 7.26. The predicted molar refractivity (Wildman–Crippen MR) is 288 cm³/mol. The number of nitrogens with zero attached hydrogens (tertiary/aromatic N) is 4. The Morgan fingerprint density at radius 2 is 0.647 bits per heavy atom. The molecule has 0 spiro atoms. The highest BCUT2D eigenvalue weighted by Crippen LogP contribution is 2.26. The Balaban J connectivity index is 0.000000213. The number of aryl methyl sites for hydroxylation is 10. The van der Waals surface area contributed by atoms with Crippen LogP contribution in [0, 0.1) is 110 Å². The molecule has 0 bridgehead atoms. The van der Waals surface area contributed by atoms with Crippen LogP contribution in [0.15, 0.2) is 121 Å². The van der Waals surface area contributed by atoms with Gasteiger partial charge in [0, 0.05) is 121 Å². The van der Waals surface area contributed by atoms with Gasteiger partial charge in [0.1, 0.15) is 28.2 Å². The minimum atomic E-state index is -2.63. The fourth-order valence-corrected chi connectivity index (χ4v) is 8.15. The minimum Gasteiger partial charge on any atom is -0.198 e. The van der Waals surface area contributed by atoms with Crippen molar-refractivity contribution in [2.75, 3.05) is 0 Å². The molecule has 4 heteroatoms. The highest BCUT2D eigenvalue weighted by Gasteiger charge is 2.19. The normalized spacial score (nSPS) is 15.7. The maximum atomic E-state index is 7.76. The smallest absolute Gasteiger partial charge is 0.198 e. The van der Waals surface area contributed by atoms with Crippen LogP contribution >= 0.6 is 0 Å². The average Bonchev–Trinajstić information content (AvgIpc) is 0.851. The summed E-state index contributed by atoms with van der Waals surface area (Å²) in [5.41, 5.74) is 18.5. The molecule has 4 aromatic carbocycles. The van der Waals surface area contributed by atoms with Crippen LogP contribution in [0.1, 0.15) is 114 Å². The van der Waals surface area contributed by atoms with Crippen molar-refractivity contribution in [3.63, 3.8) is 0 Å². The van der Waals surface area contributed by atoms with Crippen LogP contribution in [0.25, 0.3) is 45.0 Å². The molecule has 0 unspecified atom stereocenters. The van der Waals surface area contributed by atoms with Gasteiger partial charge in [-0.15, -0.1) is 0 Å². The summed E-state index contributed by atoms with van der Waals surface area (Å²) in [6.07, 6.45) is 0. The zero-order chi connectivity index (χ0) is 65.3. The molecule has 4 nitrogen and oxygen atoms in total. The lowest BCUT2D eigenvalue weighted by atomic mass is 9.99.